The number of carbonyl (C=O) groups excluding carboxylic acids is 1. The van der Waals surface area contributed by atoms with E-state index >= 15 is 0 Å². The molecule has 160 valence electrons. The van der Waals surface area contributed by atoms with Crippen LogP contribution in [0.5, 0.6) is 0 Å². The van der Waals surface area contributed by atoms with E-state index in [1.54, 1.807) is 0 Å². The molecule has 0 spiro atoms. The number of likely N-dealkylation sites (tertiary alicyclic amines) is 1. The molecular formula is C27H36N2O. The molecule has 1 heterocycles. The van der Waals surface area contributed by atoms with Crippen molar-refractivity contribution in [2.75, 3.05) is 26.2 Å². The summed E-state index contributed by atoms with van der Waals surface area (Å²) in [6.07, 6.45) is 9.34. The summed E-state index contributed by atoms with van der Waals surface area (Å²) >= 11 is 0. The van der Waals surface area contributed by atoms with E-state index in [0.717, 1.165) is 44.7 Å². The first-order valence-electron chi connectivity index (χ1n) is 11.9. The Bertz CT molecular complexity index is 775. The van der Waals surface area contributed by atoms with Crippen LogP contribution in [0.4, 0.5) is 0 Å². The lowest BCUT2D eigenvalue weighted by Gasteiger charge is -2.33. The highest BCUT2D eigenvalue weighted by molar-refractivity contribution is 5.88. The molecule has 1 amide bonds. The molecule has 30 heavy (non-hydrogen) atoms. The molecule has 0 aromatic heterocycles. The van der Waals surface area contributed by atoms with E-state index in [1.807, 2.05) is 6.07 Å². The van der Waals surface area contributed by atoms with Gasteiger partial charge in [0.2, 0.25) is 5.91 Å². The van der Waals surface area contributed by atoms with Gasteiger partial charge in [0.05, 0.1) is 5.41 Å². The smallest absolute Gasteiger partial charge is 0.230 e. The minimum absolute atomic E-state index is 0.240. The minimum Gasteiger partial charge on any atom is -0.354 e. The van der Waals surface area contributed by atoms with Gasteiger partial charge in [-0.1, -0.05) is 73.5 Å². The minimum atomic E-state index is -0.300. The summed E-state index contributed by atoms with van der Waals surface area (Å²) in [4.78, 5) is 15.7. The standard InChI is InChI=1S/C27H36N2O/c30-26(27(17-7-8-18-27)25-11-5-2-6-12-25)28-19-22-29-20-15-24(16-21-29)14-13-23-9-3-1-4-10-23/h1-6,9-12,24H,7-8,13-22H2,(H,28,30). The van der Waals surface area contributed by atoms with Gasteiger partial charge in [-0.25, -0.2) is 0 Å². The first kappa shape index (κ1) is 21.1. The van der Waals surface area contributed by atoms with Gasteiger partial charge in [0.15, 0.2) is 0 Å². The van der Waals surface area contributed by atoms with Crippen molar-refractivity contribution < 1.29 is 4.79 Å². The summed E-state index contributed by atoms with van der Waals surface area (Å²) in [5.74, 6) is 1.08. The van der Waals surface area contributed by atoms with Gasteiger partial charge in [0.25, 0.3) is 0 Å². The van der Waals surface area contributed by atoms with Gasteiger partial charge in [-0.2, -0.15) is 0 Å². The highest BCUT2D eigenvalue weighted by atomic mass is 16.2. The topological polar surface area (TPSA) is 32.3 Å². The zero-order chi connectivity index (χ0) is 20.7. The molecular weight excluding hydrogens is 368 g/mol. The molecule has 0 bridgehead atoms. The Labute approximate surface area is 181 Å². The van der Waals surface area contributed by atoms with Crippen molar-refractivity contribution in [3.8, 4) is 0 Å². The third-order valence-electron chi connectivity index (χ3n) is 7.32. The van der Waals surface area contributed by atoms with Crippen LogP contribution in [0.25, 0.3) is 0 Å². The average molecular weight is 405 g/mol. The first-order chi connectivity index (χ1) is 14.8. The van der Waals surface area contributed by atoms with Crippen LogP contribution in [0.3, 0.4) is 0 Å². The Morgan fingerprint density at radius 1 is 0.933 bits per heavy atom. The number of rotatable bonds is 8. The lowest BCUT2D eigenvalue weighted by atomic mass is 9.78. The predicted octanol–water partition coefficient (Wildman–Crippen LogP) is 4.96. The van der Waals surface area contributed by atoms with Crippen LogP contribution in [0.1, 0.15) is 56.1 Å². The van der Waals surface area contributed by atoms with Crippen LogP contribution in [0.2, 0.25) is 0 Å². The van der Waals surface area contributed by atoms with E-state index in [9.17, 15) is 4.79 Å². The summed E-state index contributed by atoms with van der Waals surface area (Å²) < 4.78 is 0. The number of nitrogens with zero attached hydrogens (tertiary/aromatic N) is 1. The first-order valence-corrected chi connectivity index (χ1v) is 11.9. The molecule has 2 fully saturated rings. The Hall–Kier alpha value is -2.13. The number of carbonyl (C=O) groups is 1. The monoisotopic (exact) mass is 404 g/mol. The molecule has 2 aliphatic rings. The van der Waals surface area contributed by atoms with Crippen molar-refractivity contribution in [1.29, 1.82) is 0 Å². The molecule has 0 atom stereocenters. The number of benzene rings is 2. The van der Waals surface area contributed by atoms with Crippen LogP contribution in [-0.4, -0.2) is 37.0 Å². The number of hydrogen-bond donors (Lipinski definition) is 1. The second-order valence-electron chi connectivity index (χ2n) is 9.22. The maximum atomic E-state index is 13.2. The predicted molar refractivity (Wildman–Crippen MR) is 124 cm³/mol. The maximum absolute atomic E-state index is 13.2. The number of amides is 1. The fourth-order valence-corrected chi connectivity index (χ4v) is 5.39. The second kappa shape index (κ2) is 10.3. The van der Waals surface area contributed by atoms with E-state index in [0.29, 0.717) is 0 Å². The van der Waals surface area contributed by atoms with Gasteiger partial charge in [0, 0.05) is 13.1 Å². The summed E-state index contributed by atoms with van der Waals surface area (Å²) in [6, 6.07) is 21.3. The van der Waals surface area contributed by atoms with Crippen molar-refractivity contribution in [2.45, 2.75) is 56.8 Å². The fourth-order valence-electron chi connectivity index (χ4n) is 5.39. The SMILES string of the molecule is O=C(NCCN1CCC(CCc2ccccc2)CC1)C1(c2ccccc2)CCCC1. The van der Waals surface area contributed by atoms with Crippen molar-refractivity contribution in [3.63, 3.8) is 0 Å². The van der Waals surface area contributed by atoms with Crippen LogP contribution >= 0.6 is 0 Å². The molecule has 1 aliphatic heterocycles. The lowest BCUT2D eigenvalue weighted by Crippen LogP contribution is -2.46. The second-order valence-corrected chi connectivity index (χ2v) is 9.22. The van der Waals surface area contributed by atoms with Crippen molar-refractivity contribution in [3.05, 3.63) is 71.8 Å². The normalized spacial score (nSPS) is 19.6. The zero-order valence-corrected chi connectivity index (χ0v) is 18.2. The van der Waals surface area contributed by atoms with Gasteiger partial charge in [-0.3, -0.25) is 4.79 Å². The molecule has 1 saturated carbocycles. The highest BCUT2D eigenvalue weighted by Gasteiger charge is 2.42. The van der Waals surface area contributed by atoms with Crippen LogP contribution < -0.4 is 5.32 Å². The number of aryl methyl sites for hydroxylation is 1. The number of hydrogen-bond acceptors (Lipinski definition) is 2. The summed E-state index contributed by atoms with van der Waals surface area (Å²) in [7, 11) is 0. The lowest BCUT2D eigenvalue weighted by molar-refractivity contribution is -0.126. The molecule has 1 N–H and O–H groups in total. The third kappa shape index (κ3) is 5.13. The number of piperidine rings is 1. The Morgan fingerprint density at radius 3 is 2.23 bits per heavy atom. The van der Waals surface area contributed by atoms with Gasteiger partial charge < -0.3 is 10.2 Å². The van der Waals surface area contributed by atoms with Crippen molar-refractivity contribution >= 4 is 5.91 Å². The van der Waals surface area contributed by atoms with E-state index in [-0.39, 0.29) is 11.3 Å². The van der Waals surface area contributed by atoms with Crippen LogP contribution in [0, 0.1) is 5.92 Å². The van der Waals surface area contributed by atoms with Crippen LogP contribution in [0.15, 0.2) is 60.7 Å². The Morgan fingerprint density at radius 2 is 1.57 bits per heavy atom. The van der Waals surface area contributed by atoms with Crippen molar-refractivity contribution in [1.82, 2.24) is 10.2 Å². The molecule has 2 aromatic carbocycles. The highest BCUT2D eigenvalue weighted by Crippen LogP contribution is 2.41. The molecule has 1 aliphatic carbocycles. The van der Waals surface area contributed by atoms with E-state index in [2.05, 4.69) is 64.8 Å². The molecule has 4 rings (SSSR count). The van der Waals surface area contributed by atoms with Gasteiger partial charge in [-0.05, 0) is 68.7 Å². The van der Waals surface area contributed by atoms with Gasteiger partial charge in [-0.15, -0.1) is 0 Å². The summed E-state index contributed by atoms with van der Waals surface area (Å²) in [5, 5.41) is 3.29. The van der Waals surface area contributed by atoms with Gasteiger partial charge in [0.1, 0.15) is 0 Å². The zero-order valence-electron chi connectivity index (χ0n) is 18.2. The third-order valence-corrected chi connectivity index (χ3v) is 7.32. The molecule has 1 saturated heterocycles. The Kier molecular flexibility index (Phi) is 7.22. The quantitative estimate of drug-likeness (QED) is 0.674. The number of nitrogens with one attached hydrogen (secondary N) is 1. The van der Waals surface area contributed by atoms with Gasteiger partial charge >= 0.3 is 0 Å². The summed E-state index contributed by atoms with van der Waals surface area (Å²) in [5.41, 5.74) is 2.35. The van der Waals surface area contributed by atoms with E-state index in [1.165, 1.54) is 49.9 Å². The summed E-state index contributed by atoms with van der Waals surface area (Å²) in [6.45, 7) is 4.07. The molecule has 0 radical (unpaired) electrons. The van der Waals surface area contributed by atoms with E-state index < -0.39 is 0 Å². The largest absolute Gasteiger partial charge is 0.354 e. The van der Waals surface area contributed by atoms with Crippen molar-refractivity contribution in [2.24, 2.45) is 5.92 Å². The van der Waals surface area contributed by atoms with Crippen LogP contribution in [-0.2, 0) is 16.6 Å². The molecule has 2 aromatic rings. The molecule has 3 nitrogen and oxygen atoms in total. The fraction of sp³-hybridized carbons (Fsp3) is 0.519. The molecule has 3 heteroatoms. The molecule has 0 unspecified atom stereocenters. The average Bonchev–Trinajstić information content (AvgIpc) is 3.31. The Balaban J connectivity index is 1.19. The van der Waals surface area contributed by atoms with E-state index in [4.69, 9.17) is 0 Å². The maximum Gasteiger partial charge on any atom is 0.230 e.